The third-order valence-corrected chi connectivity index (χ3v) is 4.28. The SMILES string of the molecule is COC1=CC(c2ccc(NC3=NC=CCC3C(=O)O)c(F)c2)CC=C1. The number of benzene rings is 1. The average molecular weight is 342 g/mol. The van der Waals surface area contributed by atoms with Gasteiger partial charge >= 0.3 is 5.97 Å². The second-order valence-electron chi connectivity index (χ2n) is 5.91. The number of amidine groups is 1. The van der Waals surface area contributed by atoms with Crippen LogP contribution < -0.4 is 5.32 Å². The highest BCUT2D eigenvalue weighted by atomic mass is 19.1. The molecule has 2 aliphatic rings. The molecule has 1 aliphatic heterocycles. The fraction of sp³-hybridized carbons (Fsp3) is 0.263. The van der Waals surface area contributed by atoms with Crippen LogP contribution in [0.1, 0.15) is 24.3 Å². The zero-order valence-electron chi connectivity index (χ0n) is 13.8. The number of hydrogen-bond acceptors (Lipinski definition) is 4. The highest BCUT2D eigenvalue weighted by molar-refractivity contribution is 6.08. The number of aliphatic imine (C=N–C) groups is 1. The van der Waals surface area contributed by atoms with E-state index in [1.165, 1.54) is 12.3 Å². The summed E-state index contributed by atoms with van der Waals surface area (Å²) in [4.78, 5) is 15.3. The van der Waals surface area contributed by atoms with E-state index in [0.717, 1.165) is 17.7 Å². The second-order valence-corrected chi connectivity index (χ2v) is 5.91. The summed E-state index contributed by atoms with van der Waals surface area (Å²) in [5.41, 5.74) is 1.05. The first-order chi connectivity index (χ1) is 12.1. The van der Waals surface area contributed by atoms with E-state index in [1.807, 2.05) is 24.3 Å². The molecule has 5 nitrogen and oxygen atoms in total. The maximum atomic E-state index is 14.5. The van der Waals surface area contributed by atoms with Crippen molar-refractivity contribution in [1.29, 1.82) is 0 Å². The van der Waals surface area contributed by atoms with Crippen LogP contribution >= 0.6 is 0 Å². The lowest BCUT2D eigenvalue weighted by atomic mass is 9.91. The van der Waals surface area contributed by atoms with Gasteiger partial charge in [0.25, 0.3) is 0 Å². The van der Waals surface area contributed by atoms with Gasteiger partial charge in [-0.15, -0.1) is 0 Å². The van der Waals surface area contributed by atoms with E-state index >= 15 is 0 Å². The monoisotopic (exact) mass is 342 g/mol. The molecule has 1 aliphatic carbocycles. The minimum atomic E-state index is -0.987. The van der Waals surface area contributed by atoms with Crippen LogP contribution in [0.5, 0.6) is 0 Å². The Hall–Kier alpha value is -2.89. The van der Waals surface area contributed by atoms with Gasteiger partial charge < -0.3 is 15.2 Å². The fourth-order valence-electron chi connectivity index (χ4n) is 2.89. The van der Waals surface area contributed by atoms with Gasteiger partial charge in [0.2, 0.25) is 0 Å². The van der Waals surface area contributed by atoms with Crippen LogP contribution in [0.2, 0.25) is 0 Å². The number of ether oxygens (including phenoxy) is 1. The summed E-state index contributed by atoms with van der Waals surface area (Å²) < 4.78 is 19.7. The van der Waals surface area contributed by atoms with Crippen molar-refractivity contribution in [3.63, 3.8) is 0 Å². The standard InChI is InChI=1S/C19H19FN2O3/c1-25-14-5-2-4-12(10-14)13-7-8-17(16(20)11-13)22-18-15(19(23)24)6-3-9-21-18/h2-3,5,7-12,15H,4,6H2,1H3,(H,21,22)(H,23,24). The number of allylic oxidation sites excluding steroid dienone is 4. The Balaban J connectivity index is 1.80. The summed E-state index contributed by atoms with van der Waals surface area (Å²) in [5.74, 6) is -1.18. The van der Waals surface area contributed by atoms with Gasteiger partial charge in [-0.3, -0.25) is 4.79 Å². The number of hydrogen-bond donors (Lipinski definition) is 2. The van der Waals surface area contributed by atoms with Crippen LogP contribution in [-0.2, 0) is 9.53 Å². The second kappa shape index (κ2) is 7.34. The van der Waals surface area contributed by atoms with E-state index in [4.69, 9.17) is 4.74 Å². The van der Waals surface area contributed by atoms with E-state index in [2.05, 4.69) is 10.3 Å². The Morgan fingerprint density at radius 3 is 2.92 bits per heavy atom. The maximum absolute atomic E-state index is 14.5. The minimum Gasteiger partial charge on any atom is -0.497 e. The lowest BCUT2D eigenvalue weighted by Gasteiger charge is -2.20. The molecule has 0 amide bonds. The van der Waals surface area contributed by atoms with Gasteiger partial charge in [0.05, 0.1) is 12.8 Å². The van der Waals surface area contributed by atoms with Crippen molar-refractivity contribution < 1.29 is 19.0 Å². The van der Waals surface area contributed by atoms with Crippen molar-refractivity contribution in [2.45, 2.75) is 18.8 Å². The number of carboxylic acid groups (broad SMARTS) is 1. The van der Waals surface area contributed by atoms with Crippen LogP contribution in [0.4, 0.5) is 10.1 Å². The summed E-state index contributed by atoms with van der Waals surface area (Å²) >= 11 is 0. The van der Waals surface area contributed by atoms with Crippen molar-refractivity contribution >= 4 is 17.5 Å². The first kappa shape index (κ1) is 17.0. The molecule has 0 bridgehead atoms. The predicted molar refractivity (Wildman–Crippen MR) is 93.9 cm³/mol. The van der Waals surface area contributed by atoms with Crippen LogP contribution in [0, 0.1) is 11.7 Å². The molecule has 0 radical (unpaired) electrons. The third-order valence-electron chi connectivity index (χ3n) is 4.28. The van der Waals surface area contributed by atoms with Crippen molar-refractivity contribution in [2.75, 3.05) is 12.4 Å². The zero-order valence-corrected chi connectivity index (χ0v) is 13.8. The maximum Gasteiger partial charge on any atom is 0.314 e. The molecule has 1 aromatic carbocycles. The molecule has 2 unspecified atom stereocenters. The largest absolute Gasteiger partial charge is 0.497 e. The predicted octanol–water partition coefficient (Wildman–Crippen LogP) is 3.83. The fourth-order valence-corrected chi connectivity index (χ4v) is 2.89. The Morgan fingerprint density at radius 1 is 1.36 bits per heavy atom. The van der Waals surface area contributed by atoms with Gasteiger partial charge in [-0.1, -0.05) is 18.2 Å². The van der Waals surface area contributed by atoms with Crippen LogP contribution in [0.25, 0.3) is 0 Å². The highest BCUT2D eigenvalue weighted by Crippen LogP contribution is 2.30. The number of carboxylic acids is 1. The summed E-state index contributed by atoms with van der Waals surface area (Å²) in [6.07, 6.45) is 10.2. The number of nitrogens with zero attached hydrogens (tertiary/aromatic N) is 1. The Kier molecular flexibility index (Phi) is 4.97. The van der Waals surface area contributed by atoms with Gasteiger partial charge in [-0.05, 0) is 42.7 Å². The van der Waals surface area contributed by atoms with Gasteiger partial charge in [0.15, 0.2) is 0 Å². The van der Waals surface area contributed by atoms with Crippen molar-refractivity contribution in [1.82, 2.24) is 0 Å². The molecule has 130 valence electrons. The van der Waals surface area contributed by atoms with E-state index in [-0.39, 0.29) is 17.4 Å². The van der Waals surface area contributed by atoms with E-state index in [9.17, 15) is 14.3 Å². The normalized spacial score (nSPS) is 22.2. The number of anilines is 1. The molecule has 3 rings (SSSR count). The number of rotatable bonds is 4. The van der Waals surface area contributed by atoms with E-state index < -0.39 is 17.7 Å². The summed E-state index contributed by atoms with van der Waals surface area (Å²) in [6, 6.07) is 4.90. The summed E-state index contributed by atoms with van der Waals surface area (Å²) in [6.45, 7) is 0. The van der Waals surface area contributed by atoms with Crippen LogP contribution in [0.3, 0.4) is 0 Å². The zero-order chi connectivity index (χ0) is 17.8. The Labute approximate surface area is 145 Å². The molecule has 0 saturated heterocycles. The van der Waals surface area contributed by atoms with Crippen molar-refractivity contribution in [2.24, 2.45) is 10.9 Å². The van der Waals surface area contributed by atoms with Gasteiger partial charge in [-0.25, -0.2) is 9.38 Å². The molecule has 0 spiro atoms. The molecular formula is C19H19FN2O3. The topological polar surface area (TPSA) is 70.9 Å². The molecule has 6 heteroatoms. The molecule has 2 atom stereocenters. The first-order valence-corrected chi connectivity index (χ1v) is 8.03. The van der Waals surface area contributed by atoms with Gasteiger partial charge in [0.1, 0.15) is 23.3 Å². The molecule has 0 saturated carbocycles. The molecule has 0 aromatic heterocycles. The molecule has 25 heavy (non-hydrogen) atoms. The number of halogens is 1. The molecule has 2 N–H and O–H groups in total. The Morgan fingerprint density at radius 2 is 2.20 bits per heavy atom. The number of nitrogens with one attached hydrogen (secondary N) is 1. The Bertz CT molecular complexity index is 796. The molecule has 0 fully saturated rings. The van der Waals surface area contributed by atoms with Crippen LogP contribution in [0.15, 0.2) is 59.5 Å². The van der Waals surface area contributed by atoms with Crippen molar-refractivity contribution in [3.8, 4) is 0 Å². The van der Waals surface area contributed by atoms with E-state index in [0.29, 0.717) is 6.42 Å². The van der Waals surface area contributed by atoms with Crippen molar-refractivity contribution in [3.05, 3.63) is 65.8 Å². The lowest BCUT2D eigenvalue weighted by Crippen LogP contribution is -2.30. The van der Waals surface area contributed by atoms with Crippen LogP contribution in [-0.4, -0.2) is 24.0 Å². The van der Waals surface area contributed by atoms with Gasteiger partial charge in [0, 0.05) is 12.1 Å². The average Bonchev–Trinajstić information content (AvgIpc) is 2.63. The first-order valence-electron chi connectivity index (χ1n) is 8.03. The minimum absolute atomic E-state index is 0.0465. The quantitative estimate of drug-likeness (QED) is 0.872. The van der Waals surface area contributed by atoms with Gasteiger partial charge in [-0.2, -0.15) is 0 Å². The molecule has 1 aromatic rings. The molecular weight excluding hydrogens is 323 g/mol. The third kappa shape index (κ3) is 3.79. The lowest BCUT2D eigenvalue weighted by molar-refractivity contribution is -0.139. The summed E-state index contributed by atoms with van der Waals surface area (Å²) in [7, 11) is 1.60. The number of carbonyl (C=O) groups is 1. The molecule has 1 heterocycles. The summed E-state index contributed by atoms with van der Waals surface area (Å²) in [5, 5.41) is 12.1. The van der Waals surface area contributed by atoms with E-state index in [1.54, 1.807) is 19.3 Å². The number of aliphatic carboxylic acids is 1. The smallest absolute Gasteiger partial charge is 0.314 e. The highest BCUT2D eigenvalue weighted by Gasteiger charge is 2.25. The number of methoxy groups -OCH3 is 1.